The van der Waals surface area contributed by atoms with Crippen LogP contribution in [0.3, 0.4) is 0 Å². The average Bonchev–Trinajstić information content (AvgIpc) is 3.18. The van der Waals surface area contributed by atoms with Crippen molar-refractivity contribution in [2.24, 2.45) is 0 Å². The van der Waals surface area contributed by atoms with Crippen LogP contribution < -0.4 is 10.2 Å². The average molecular weight is 631 g/mol. The van der Waals surface area contributed by atoms with E-state index in [9.17, 15) is 18.7 Å². The monoisotopic (exact) mass is 629 g/mol. The number of carbonyl (C=O) groups excluding carboxylic acids is 1. The van der Waals surface area contributed by atoms with Gasteiger partial charge in [0, 0.05) is 67.5 Å². The summed E-state index contributed by atoms with van der Waals surface area (Å²) in [6, 6.07) is 6.18. The van der Waals surface area contributed by atoms with E-state index < -0.39 is 17.7 Å². The molecule has 0 saturated carbocycles. The summed E-state index contributed by atoms with van der Waals surface area (Å²) in [7, 11) is 0. The van der Waals surface area contributed by atoms with Crippen LogP contribution in [0.5, 0.6) is 0 Å². The number of morpholine rings is 1. The third-order valence-corrected chi connectivity index (χ3v) is 8.59. The number of pyridine rings is 1. The van der Waals surface area contributed by atoms with Gasteiger partial charge in [-0.1, -0.05) is 19.9 Å². The van der Waals surface area contributed by atoms with Crippen molar-refractivity contribution in [1.29, 1.82) is 0 Å². The maximum absolute atomic E-state index is 13.9. The summed E-state index contributed by atoms with van der Waals surface area (Å²) >= 11 is 0. The van der Waals surface area contributed by atoms with Gasteiger partial charge in [-0.15, -0.1) is 24.8 Å². The number of fused-ring (bicyclic) bond motifs is 1. The lowest BCUT2D eigenvalue weighted by atomic mass is 9.90. The Kier molecular flexibility index (Phi) is 11.4. The van der Waals surface area contributed by atoms with Gasteiger partial charge >= 0.3 is 0 Å². The zero-order chi connectivity index (χ0) is 28.8. The zero-order valence-corrected chi connectivity index (χ0v) is 26.5. The van der Waals surface area contributed by atoms with Crippen LogP contribution in [0.15, 0.2) is 30.5 Å². The number of aliphatic hydroxyl groups excluding tert-OH is 1. The molecule has 4 heterocycles. The molecule has 0 aliphatic carbocycles. The summed E-state index contributed by atoms with van der Waals surface area (Å²) in [5.41, 5.74) is 1.71. The number of aromatic nitrogens is 1. The van der Waals surface area contributed by atoms with Gasteiger partial charge < -0.3 is 20.1 Å². The van der Waals surface area contributed by atoms with E-state index in [1.54, 1.807) is 17.2 Å². The number of aliphatic hydroxyl groups is 1. The van der Waals surface area contributed by atoms with Gasteiger partial charge in [-0.3, -0.25) is 19.6 Å². The van der Waals surface area contributed by atoms with Crippen LogP contribution in [0.25, 0.3) is 0 Å². The molecule has 2 saturated heterocycles. The SMILES string of the molecule is C[C@@H]1CN(CC(=O)N2CC(C)(C)c3ncc([C@@H](O)c4ccc(F)c(F)c4)cc32)[C@@H](CN2[C@H](C)COC[C@H]2C)CN1.Cl.Cl. The van der Waals surface area contributed by atoms with E-state index in [2.05, 4.69) is 54.7 Å². The summed E-state index contributed by atoms with van der Waals surface area (Å²) in [4.78, 5) is 25.1. The molecule has 2 aromatic rings. The molecular formula is C30H43Cl2F2N5O3. The number of hydrogen-bond acceptors (Lipinski definition) is 7. The third-order valence-electron chi connectivity index (χ3n) is 8.59. The largest absolute Gasteiger partial charge is 0.384 e. The van der Waals surface area contributed by atoms with Gasteiger partial charge in [0.1, 0.15) is 6.10 Å². The molecule has 3 aliphatic rings. The van der Waals surface area contributed by atoms with E-state index in [0.717, 1.165) is 37.5 Å². The summed E-state index contributed by atoms with van der Waals surface area (Å²) in [6.45, 7) is 15.2. The van der Waals surface area contributed by atoms with Gasteiger partial charge in [-0.05, 0) is 44.5 Å². The van der Waals surface area contributed by atoms with E-state index in [0.29, 0.717) is 43.1 Å². The van der Waals surface area contributed by atoms with E-state index in [4.69, 9.17) is 4.74 Å². The Bertz CT molecular complexity index is 1250. The van der Waals surface area contributed by atoms with Crippen LogP contribution >= 0.6 is 24.8 Å². The predicted octanol–water partition coefficient (Wildman–Crippen LogP) is 3.68. The first-order valence-corrected chi connectivity index (χ1v) is 14.2. The first-order valence-electron chi connectivity index (χ1n) is 14.2. The highest BCUT2D eigenvalue weighted by molar-refractivity contribution is 5.97. The smallest absolute Gasteiger partial charge is 0.241 e. The van der Waals surface area contributed by atoms with Crippen molar-refractivity contribution in [3.8, 4) is 0 Å². The van der Waals surface area contributed by atoms with Crippen LogP contribution in [0, 0.1) is 11.6 Å². The minimum absolute atomic E-state index is 0. The fraction of sp³-hybridized carbons (Fsp3) is 0.600. The Morgan fingerprint density at radius 3 is 2.48 bits per heavy atom. The highest BCUT2D eigenvalue weighted by Gasteiger charge is 2.41. The van der Waals surface area contributed by atoms with Crippen molar-refractivity contribution in [2.45, 2.75) is 70.3 Å². The maximum Gasteiger partial charge on any atom is 0.241 e. The Hall–Kier alpha value is -1.92. The van der Waals surface area contributed by atoms with E-state index in [-0.39, 0.29) is 60.3 Å². The predicted molar refractivity (Wildman–Crippen MR) is 164 cm³/mol. The molecule has 8 nitrogen and oxygen atoms in total. The molecule has 2 fully saturated rings. The number of halogens is 4. The first-order chi connectivity index (χ1) is 18.9. The maximum atomic E-state index is 13.9. The quantitative estimate of drug-likeness (QED) is 0.505. The van der Waals surface area contributed by atoms with Gasteiger partial charge in [0.2, 0.25) is 5.91 Å². The van der Waals surface area contributed by atoms with Crippen LogP contribution in [-0.2, 0) is 14.9 Å². The second kappa shape index (κ2) is 13.8. The van der Waals surface area contributed by atoms with Crippen LogP contribution in [0.4, 0.5) is 14.5 Å². The molecule has 2 N–H and O–H groups in total. The molecular weight excluding hydrogens is 587 g/mol. The number of carbonyl (C=O) groups is 1. The van der Waals surface area contributed by atoms with E-state index in [1.165, 1.54) is 6.07 Å². The third kappa shape index (κ3) is 7.07. The Morgan fingerprint density at radius 2 is 1.81 bits per heavy atom. The molecule has 0 radical (unpaired) electrons. The first kappa shape index (κ1) is 34.6. The molecule has 1 amide bonds. The van der Waals surface area contributed by atoms with Crippen molar-refractivity contribution in [1.82, 2.24) is 20.1 Å². The molecule has 234 valence electrons. The van der Waals surface area contributed by atoms with Gasteiger partial charge in [0.05, 0.1) is 31.1 Å². The molecule has 5 rings (SSSR count). The summed E-state index contributed by atoms with van der Waals surface area (Å²) in [5.74, 6) is -2.01. The summed E-state index contributed by atoms with van der Waals surface area (Å²) in [5, 5.41) is 14.5. The Balaban J connectivity index is 0.00000242. The van der Waals surface area contributed by atoms with Crippen molar-refractivity contribution in [3.05, 3.63) is 58.9 Å². The van der Waals surface area contributed by atoms with Crippen molar-refractivity contribution < 1.29 is 23.4 Å². The topological polar surface area (TPSA) is 81.2 Å². The number of ether oxygens (including phenoxy) is 1. The Morgan fingerprint density at radius 1 is 1.12 bits per heavy atom. The van der Waals surface area contributed by atoms with Crippen molar-refractivity contribution >= 4 is 36.4 Å². The lowest BCUT2D eigenvalue weighted by Crippen LogP contribution is -2.63. The lowest BCUT2D eigenvalue weighted by molar-refractivity contribution is -0.121. The fourth-order valence-electron chi connectivity index (χ4n) is 6.30. The highest BCUT2D eigenvalue weighted by Crippen LogP contribution is 2.41. The standard InChI is InChI=1S/C30H41F2N5O3.2ClH/c1-18-12-35(23(11-33-18)13-36-19(2)15-40-16-20(36)3)14-27(38)37-17-30(4,5)29-26(37)9-22(10-34-29)28(39)21-6-7-24(31)25(32)8-21;;/h6-10,18-20,23,28,33,39H,11-17H2,1-5H3;2*1H/t18-,19-,20-,23-,28+;;/m1../s1. The molecule has 0 spiro atoms. The molecule has 3 aliphatic heterocycles. The van der Waals surface area contributed by atoms with Crippen molar-refractivity contribution in [3.63, 3.8) is 0 Å². The summed E-state index contributed by atoms with van der Waals surface area (Å²) < 4.78 is 33.0. The fourth-order valence-corrected chi connectivity index (χ4v) is 6.30. The number of hydrogen-bond donors (Lipinski definition) is 2. The Labute approximate surface area is 259 Å². The molecule has 1 aromatic carbocycles. The number of nitrogens with zero attached hydrogens (tertiary/aromatic N) is 4. The lowest BCUT2D eigenvalue weighted by Gasteiger charge is -2.46. The molecule has 0 bridgehead atoms. The highest BCUT2D eigenvalue weighted by atomic mass is 35.5. The number of piperazine rings is 1. The normalized spacial score (nSPS) is 26.6. The number of anilines is 1. The van der Waals surface area contributed by atoms with Crippen LogP contribution in [0.1, 0.15) is 57.5 Å². The molecule has 12 heteroatoms. The summed E-state index contributed by atoms with van der Waals surface area (Å²) in [6.07, 6.45) is 0.351. The molecule has 1 aromatic heterocycles. The number of amides is 1. The van der Waals surface area contributed by atoms with Gasteiger partial charge in [-0.25, -0.2) is 8.78 Å². The van der Waals surface area contributed by atoms with E-state index in [1.807, 2.05) is 0 Å². The molecule has 5 atom stereocenters. The van der Waals surface area contributed by atoms with Gasteiger partial charge in [0.15, 0.2) is 11.6 Å². The second-order valence-electron chi connectivity index (χ2n) is 12.4. The number of nitrogens with one attached hydrogen (secondary N) is 1. The second-order valence-corrected chi connectivity index (χ2v) is 12.4. The van der Waals surface area contributed by atoms with Crippen LogP contribution in [0.2, 0.25) is 0 Å². The number of rotatable bonds is 6. The molecule has 42 heavy (non-hydrogen) atoms. The minimum Gasteiger partial charge on any atom is -0.384 e. The van der Waals surface area contributed by atoms with Gasteiger partial charge in [-0.2, -0.15) is 0 Å². The molecule has 0 unspecified atom stereocenters. The van der Waals surface area contributed by atoms with Gasteiger partial charge in [0.25, 0.3) is 0 Å². The van der Waals surface area contributed by atoms with Crippen molar-refractivity contribution in [2.75, 3.05) is 50.8 Å². The zero-order valence-electron chi connectivity index (χ0n) is 24.8. The van der Waals surface area contributed by atoms with Crippen LogP contribution in [-0.4, -0.2) is 95.9 Å². The minimum atomic E-state index is -1.20. The van der Waals surface area contributed by atoms with E-state index >= 15 is 0 Å². The number of benzene rings is 1.